The molecule has 1 fully saturated rings. The highest BCUT2D eigenvalue weighted by Gasteiger charge is 2.25. The number of pyridine rings is 2. The van der Waals surface area contributed by atoms with Gasteiger partial charge in [0.1, 0.15) is 0 Å². The Labute approximate surface area is 194 Å². The smallest absolute Gasteiger partial charge is 0.254 e. The van der Waals surface area contributed by atoms with Crippen molar-refractivity contribution in [2.24, 2.45) is 0 Å². The summed E-state index contributed by atoms with van der Waals surface area (Å²) >= 11 is 0. The van der Waals surface area contributed by atoms with Crippen LogP contribution in [0.25, 0.3) is 0 Å². The summed E-state index contributed by atoms with van der Waals surface area (Å²) in [5.74, 6) is -0.0482. The molecule has 2 amide bonds. The minimum Gasteiger partial charge on any atom is -0.354 e. The van der Waals surface area contributed by atoms with Gasteiger partial charge in [0.2, 0.25) is 5.91 Å². The van der Waals surface area contributed by atoms with Crippen LogP contribution >= 0.6 is 0 Å². The molecule has 1 atom stereocenters. The zero-order chi connectivity index (χ0) is 22.9. The number of benzene rings is 1. The van der Waals surface area contributed by atoms with Crippen LogP contribution in [0.1, 0.15) is 40.4 Å². The van der Waals surface area contributed by atoms with Crippen LogP contribution in [-0.2, 0) is 11.3 Å². The van der Waals surface area contributed by atoms with Crippen molar-refractivity contribution in [3.05, 3.63) is 96.1 Å². The fourth-order valence-corrected chi connectivity index (χ4v) is 4.24. The zero-order valence-electron chi connectivity index (χ0n) is 18.6. The monoisotopic (exact) mass is 443 g/mol. The van der Waals surface area contributed by atoms with Crippen LogP contribution in [0.5, 0.6) is 0 Å². The minimum atomic E-state index is -0.0539. The van der Waals surface area contributed by atoms with E-state index in [1.54, 1.807) is 36.9 Å². The van der Waals surface area contributed by atoms with Crippen molar-refractivity contribution in [2.45, 2.75) is 25.4 Å². The number of carbonyl (C=O) groups excluding carboxylic acids is 2. The summed E-state index contributed by atoms with van der Waals surface area (Å²) in [7, 11) is 0. The van der Waals surface area contributed by atoms with Crippen LogP contribution in [-0.4, -0.2) is 57.8 Å². The van der Waals surface area contributed by atoms with Crippen molar-refractivity contribution in [3.8, 4) is 0 Å². The number of carbonyl (C=O) groups is 2. The summed E-state index contributed by atoms with van der Waals surface area (Å²) in [5.41, 5.74) is 2.87. The van der Waals surface area contributed by atoms with E-state index in [4.69, 9.17) is 0 Å². The molecule has 1 aliphatic rings. The Bertz CT molecular complexity index is 1030. The first-order valence-electron chi connectivity index (χ1n) is 11.3. The van der Waals surface area contributed by atoms with Gasteiger partial charge in [0.25, 0.3) is 5.91 Å². The second-order valence-electron chi connectivity index (χ2n) is 8.19. The molecule has 1 aliphatic heterocycles. The summed E-state index contributed by atoms with van der Waals surface area (Å²) in [5, 5.41) is 3.02. The molecule has 1 N–H and O–H groups in total. The molecule has 3 aromatic rings. The van der Waals surface area contributed by atoms with E-state index in [1.807, 2.05) is 35.2 Å². The van der Waals surface area contributed by atoms with E-state index in [0.717, 1.165) is 24.1 Å². The predicted octanol–water partition coefficient (Wildman–Crippen LogP) is 3.07. The van der Waals surface area contributed by atoms with Crippen LogP contribution < -0.4 is 5.32 Å². The Morgan fingerprint density at radius 1 is 0.909 bits per heavy atom. The van der Waals surface area contributed by atoms with Gasteiger partial charge < -0.3 is 10.2 Å². The van der Waals surface area contributed by atoms with E-state index in [1.165, 1.54) is 0 Å². The zero-order valence-corrected chi connectivity index (χ0v) is 18.6. The maximum Gasteiger partial charge on any atom is 0.254 e. The first-order valence-corrected chi connectivity index (χ1v) is 11.3. The third kappa shape index (κ3) is 6.23. The van der Waals surface area contributed by atoms with Crippen molar-refractivity contribution in [1.29, 1.82) is 0 Å². The van der Waals surface area contributed by atoms with E-state index in [0.29, 0.717) is 38.2 Å². The molecule has 1 saturated heterocycles. The molecule has 33 heavy (non-hydrogen) atoms. The number of rotatable bonds is 4. The maximum atomic E-state index is 13.1. The van der Waals surface area contributed by atoms with Crippen LogP contribution in [0.4, 0.5) is 0 Å². The second-order valence-corrected chi connectivity index (χ2v) is 8.19. The van der Waals surface area contributed by atoms with Crippen molar-refractivity contribution in [1.82, 2.24) is 25.1 Å². The van der Waals surface area contributed by atoms with Crippen molar-refractivity contribution >= 4 is 11.8 Å². The quantitative estimate of drug-likeness (QED) is 0.671. The molecular formula is C26H29N5O2. The number of hydrogen-bond acceptors (Lipinski definition) is 5. The Hall–Kier alpha value is -3.58. The van der Waals surface area contributed by atoms with Gasteiger partial charge in [-0.3, -0.25) is 24.5 Å². The summed E-state index contributed by atoms with van der Waals surface area (Å²) in [6.45, 7) is 2.99. The Balaban J connectivity index is 1.57. The SMILES string of the molecule is O=C1CC(c2ccccc2)N(Cc2ccncc2)CCCN(C(=O)c2ccncc2)CCN1. The van der Waals surface area contributed by atoms with Gasteiger partial charge in [0.05, 0.1) is 0 Å². The summed E-state index contributed by atoms with van der Waals surface area (Å²) < 4.78 is 0. The standard InChI is InChI=1S/C26H29N5O2/c32-25-19-24(22-5-2-1-3-6-22)31(20-21-7-11-27-12-8-21)17-4-16-30(18-15-29-25)26(33)23-9-13-28-14-10-23/h1-3,5-14,24H,4,15-20H2,(H,29,32). The predicted molar refractivity (Wildman–Crippen MR) is 126 cm³/mol. The van der Waals surface area contributed by atoms with Gasteiger partial charge in [0, 0.05) is 75.5 Å². The lowest BCUT2D eigenvalue weighted by Crippen LogP contribution is -2.39. The molecule has 7 heteroatoms. The molecule has 0 radical (unpaired) electrons. The van der Waals surface area contributed by atoms with Crippen molar-refractivity contribution in [2.75, 3.05) is 26.2 Å². The molecule has 170 valence electrons. The van der Waals surface area contributed by atoms with Gasteiger partial charge in [0.15, 0.2) is 0 Å². The Kier molecular flexibility index (Phi) is 7.76. The lowest BCUT2D eigenvalue weighted by Gasteiger charge is -2.32. The first kappa shape index (κ1) is 22.6. The minimum absolute atomic E-state index is 0.0122. The van der Waals surface area contributed by atoms with Crippen LogP contribution in [0.3, 0.4) is 0 Å². The number of aromatic nitrogens is 2. The van der Waals surface area contributed by atoms with Gasteiger partial charge in [-0.05, 0) is 41.8 Å². The fraction of sp³-hybridized carbons (Fsp3) is 0.308. The molecule has 4 rings (SSSR count). The lowest BCUT2D eigenvalue weighted by atomic mass is 10.00. The number of nitrogens with zero attached hydrogens (tertiary/aromatic N) is 4. The summed E-state index contributed by atoms with van der Waals surface area (Å²) in [4.78, 5) is 38.2. The lowest BCUT2D eigenvalue weighted by molar-refractivity contribution is -0.122. The van der Waals surface area contributed by atoms with Gasteiger partial charge >= 0.3 is 0 Å². The number of nitrogens with one attached hydrogen (secondary N) is 1. The normalized spacial score (nSPS) is 18.2. The maximum absolute atomic E-state index is 13.1. The average Bonchev–Trinajstić information content (AvgIpc) is 2.90. The van der Waals surface area contributed by atoms with E-state index >= 15 is 0 Å². The largest absolute Gasteiger partial charge is 0.354 e. The third-order valence-electron chi connectivity index (χ3n) is 5.93. The van der Waals surface area contributed by atoms with Crippen LogP contribution in [0.15, 0.2) is 79.4 Å². The van der Waals surface area contributed by atoms with E-state index in [9.17, 15) is 9.59 Å². The van der Waals surface area contributed by atoms with Gasteiger partial charge in [-0.15, -0.1) is 0 Å². The number of amides is 2. The number of hydrogen-bond donors (Lipinski definition) is 1. The topological polar surface area (TPSA) is 78.4 Å². The molecule has 0 spiro atoms. The summed E-state index contributed by atoms with van der Waals surface area (Å²) in [6, 6.07) is 17.6. The van der Waals surface area contributed by atoms with Gasteiger partial charge in [-0.2, -0.15) is 0 Å². The molecule has 0 aliphatic carbocycles. The summed E-state index contributed by atoms with van der Waals surface area (Å²) in [6.07, 6.45) is 8.01. The molecule has 0 saturated carbocycles. The molecule has 3 heterocycles. The van der Waals surface area contributed by atoms with Crippen LogP contribution in [0.2, 0.25) is 0 Å². The highest BCUT2D eigenvalue weighted by atomic mass is 16.2. The highest BCUT2D eigenvalue weighted by Crippen LogP contribution is 2.27. The van der Waals surface area contributed by atoms with E-state index in [-0.39, 0.29) is 17.9 Å². The Morgan fingerprint density at radius 2 is 1.61 bits per heavy atom. The van der Waals surface area contributed by atoms with Crippen molar-refractivity contribution < 1.29 is 9.59 Å². The average molecular weight is 444 g/mol. The van der Waals surface area contributed by atoms with Gasteiger partial charge in [-0.1, -0.05) is 30.3 Å². The van der Waals surface area contributed by atoms with E-state index in [2.05, 4.69) is 32.3 Å². The van der Waals surface area contributed by atoms with Crippen LogP contribution in [0, 0.1) is 0 Å². The molecule has 1 aromatic carbocycles. The molecule has 1 unspecified atom stereocenters. The van der Waals surface area contributed by atoms with Crippen molar-refractivity contribution in [3.63, 3.8) is 0 Å². The third-order valence-corrected chi connectivity index (χ3v) is 5.93. The van der Waals surface area contributed by atoms with E-state index < -0.39 is 0 Å². The van der Waals surface area contributed by atoms with Gasteiger partial charge in [-0.25, -0.2) is 0 Å². The second kappa shape index (κ2) is 11.3. The molecular weight excluding hydrogens is 414 g/mol. The molecule has 0 bridgehead atoms. The highest BCUT2D eigenvalue weighted by molar-refractivity contribution is 5.94. The Morgan fingerprint density at radius 3 is 2.33 bits per heavy atom. The molecule has 2 aromatic heterocycles. The fourth-order valence-electron chi connectivity index (χ4n) is 4.24. The first-order chi connectivity index (χ1) is 16.2. The molecule has 7 nitrogen and oxygen atoms in total.